The Hall–Kier alpha value is -0.980. The molecule has 0 amide bonds. The Labute approximate surface area is 65.3 Å². The highest BCUT2D eigenvalue weighted by Crippen LogP contribution is 2.24. The van der Waals surface area contributed by atoms with Crippen LogP contribution >= 0.6 is 0 Å². The van der Waals surface area contributed by atoms with Crippen molar-refractivity contribution in [1.29, 1.82) is 0 Å². The number of rotatable bonds is 0. The van der Waals surface area contributed by atoms with Crippen LogP contribution in [0.1, 0.15) is 16.5 Å². The number of hydrogen-bond acceptors (Lipinski definition) is 1. The zero-order valence-electron chi connectivity index (χ0n) is 8.59. The van der Waals surface area contributed by atoms with Crippen molar-refractivity contribution in [3.05, 3.63) is 29.8 Å². The number of hydrogen-bond donors (Lipinski definition) is 1. The van der Waals surface area contributed by atoms with Gasteiger partial charge in [-0.25, -0.2) is 0 Å². The molecule has 0 spiro atoms. The van der Waals surface area contributed by atoms with Crippen LogP contribution in [0.15, 0.2) is 24.3 Å². The van der Waals surface area contributed by atoms with Gasteiger partial charge >= 0.3 is 0 Å². The topological polar surface area (TPSA) is 12.0 Å². The van der Waals surface area contributed by atoms with Crippen molar-refractivity contribution in [1.82, 2.24) is 0 Å². The predicted molar refractivity (Wildman–Crippen MR) is 43.2 cm³/mol. The maximum absolute atomic E-state index is 7.28. The maximum Gasteiger partial charge on any atom is 0.0375 e. The zero-order chi connectivity index (χ0) is 9.47. The molecular weight excluding hydrogens is 122 g/mol. The summed E-state index contributed by atoms with van der Waals surface area (Å²) in [7, 11) is 0. The molecule has 1 nitrogen and oxygen atoms in total. The van der Waals surface area contributed by atoms with E-state index in [-0.39, 0.29) is 0 Å². The van der Waals surface area contributed by atoms with Gasteiger partial charge in [0.15, 0.2) is 0 Å². The van der Waals surface area contributed by atoms with E-state index in [1.807, 2.05) is 24.3 Å². The minimum absolute atomic E-state index is 0.412. The molecule has 1 unspecified atom stereocenters. The molecule has 2 rings (SSSR count). The Morgan fingerprint density at radius 1 is 1.60 bits per heavy atom. The van der Waals surface area contributed by atoms with Crippen LogP contribution in [0.25, 0.3) is 0 Å². The van der Waals surface area contributed by atoms with E-state index < -0.39 is 12.9 Å². The molecule has 52 valence electrons. The lowest BCUT2D eigenvalue weighted by Crippen LogP contribution is -2.08. The van der Waals surface area contributed by atoms with Gasteiger partial charge in [0.05, 0.1) is 0 Å². The lowest BCUT2D eigenvalue weighted by atomic mass is 10.1. The van der Waals surface area contributed by atoms with Crippen LogP contribution in [-0.4, -0.2) is 6.04 Å². The number of benzene rings is 1. The third kappa shape index (κ3) is 0.783. The molecular formula is C9H11N. The van der Waals surface area contributed by atoms with E-state index in [4.69, 9.17) is 4.11 Å². The molecule has 1 aromatic rings. The Morgan fingerprint density at radius 2 is 2.50 bits per heavy atom. The minimum Gasteiger partial charge on any atom is -0.382 e. The van der Waals surface area contributed by atoms with E-state index in [0.717, 1.165) is 11.3 Å². The second-order valence-corrected chi connectivity index (χ2v) is 2.56. The summed E-state index contributed by atoms with van der Waals surface area (Å²) >= 11 is 0. The molecule has 10 heavy (non-hydrogen) atoms. The van der Waals surface area contributed by atoms with Gasteiger partial charge in [0.25, 0.3) is 0 Å². The molecule has 1 aliphatic rings. The highest BCUT2D eigenvalue weighted by molar-refractivity contribution is 5.56. The first-order valence-corrected chi connectivity index (χ1v) is 3.42. The van der Waals surface area contributed by atoms with E-state index in [2.05, 4.69) is 5.32 Å². The van der Waals surface area contributed by atoms with E-state index in [9.17, 15) is 0 Å². The third-order valence-corrected chi connectivity index (χ3v) is 1.77. The summed E-state index contributed by atoms with van der Waals surface area (Å²) < 4.78 is 21.8. The van der Waals surface area contributed by atoms with Gasteiger partial charge in [0, 0.05) is 15.8 Å². The van der Waals surface area contributed by atoms with Crippen molar-refractivity contribution in [3.63, 3.8) is 0 Å². The fourth-order valence-corrected chi connectivity index (χ4v) is 1.30. The van der Waals surface area contributed by atoms with Gasteiger partial charge in [-0.05, 0) is 24.9 Å². The molecule has 0 aromatic heterocycles. The number of anilines is 1. The summed E-state index contributed by atoms with van der Waals surface area (Å²) in [6.07, 6.45) is 0.604. The van der Waals surface area contributed by atoms with Crippen molar-refractivity contribution in [2.24, 2.45) is 0 Å². The van der Waals surface area contributed by atoms with Crippen LogP contribution in [0, 0.1) is 0 Å². The molecule has 1 aliphatic heterocycles. The monoisotopic (exact) mass is 136 g/mol. The highest BCUT2D eigenvalue weighted by atomic mass is 14.9. The number of para-hydroxylation sites is 1. The molecule has 0 bridgehead atoms. The van der Waals surface area contributed by atoms with Crippen LogP contribution in [0.3, 0.4) is 0 Å². The molecule has 1 heteroatoms. The number of nitrogens with one attached hydrogen (secondary N) is 1. The van der Waals surface area contributed by atoms with E-state index >= 15 is 0 Å². The molecule has 1 heterocycles. The number of fused-ring (bicyclic) bond motifs is 1. The molecule has 1 aromatic carbocycles. The average Bonchev–Trinajstić information content (AvgIpc) is 2.45. The molecule has 0 saturated carbocycles. The first-order chi connectivity index (χ1) is 6.07. The molecule has 0 radical (unpaired) electrons. The van der Waals surface area contributed by atoms with Gasteiger partial charge in [-0.2, -0.15) is 0 Å². The van der Waals surface area contributed by atoms with Crippen LogP contribution < -0.4 is 5.32 Å². The molecule has 0 aliphatic carbocycles. The first kappa shape index (κ1) is 3.42. The van der Waals surface area contributed by atoms with Gasteiger partial charge in [0.1, 0.15) is 0 Å². The van der Waals surface area contributed by atoms with Crippen molar-refractivity contribution in [3.8, 4) is 0 Å². The summed E-state index contributed by atoms with van der Waals surface area (Å²) in [5, 5.41) is 3.01. The fourth-order valence-electron chi connectivity index (χ4n) is 1.30. The summed E-state index contributed by atoms with van der Waals surface area (Å²) in [6, 6.07) is 7.32. The van der Waals surface area contributed by atoms with Crippen molar-refractivity contribution in [2.45, 2.75) is 19.3 Å². The van der Waals surface area contributed by atoms with Crippen LogP contribution in [0.4, 0.5) is 5.69 Å². The minimum atomic E-state index is -1.90. The zero-order valence-corrected chi connectivity index (χ0v) is 5.59. The van der Waals surface area contributed by atoms with Crippen LogP contribution in [0.2, 0.25) is 0 Å². The standard InChI is InChI=1S/C9H11N/c1-7-6-8-4-2-3-5-9(8)10-7/h2-5,7,10H,6H2,1H3/i1D3. The third-order valence-electron chi connectivity index (χ3n) is 1.77. The first-order valence-electron chi connectivity index (χ1n) is 4.92. The molecule has 1 N–H and O–H groups in total. The second-order valence-electron chi connectivity index (χ2n) is 2.56. The molecule has 0 fully saturated rings. The predicted octanol–water partition coefficient (Wildman–Crippen LogP) is 2.04. The quantitative estimate of drug-likeness (QED) is 0.575. The Kier molecular flexibility index (Phi) is 0.688. The summed E-state index contributed by atoms with van der Waals surface area (Å²) in [6.45, 7) is -1.90. The van der Waals surface area contributed by atoms with Crippen LogP contribution in [0.5, 0.6) is 0 Å². The smallest absolute Gasteiger partial charge is 0.0375 e. The molecule has 1 atom stereocenters. The Balaban J connectivity index is 2.23. The van der Waals surface area contributed by atoms with Gasteiger partial charge in [-0.3, -0.25) is 0 Å². The van der Waals surface area contributed by atoms with Crippen molar-refractivity contribution < 1.29 is 4.11 Å². The van der Waals surface area contributed by atoms with Gasteiger partial charge in [0.2, 0.25) is 0 Å². The Bertz CT molecular complexity index is 294. The lowest BCUT2D eigenvalue weighted by molar-refractivity contribution is 0.839. The fraction of sp³-hybridized carbons (Fsp3) is 0.333. The maximum atomic E-state index is 7.28. The lowest BCUT2D eigenvalue weighted by Gasteiger charge is -2.00. The van der Waals surface area contributed by atoms with Crippen LogP contribution in [-0.2, 0) is 6.42 Å². The summed E-state index contributed by atoms with van der Waals surface area (Å²) in [5.41, 5.74) is 2.06. The van der Waals surface area contributed by atoms with Crippen molar-refractivity contribution >= 4 is 5.69 Å². The largest absolute Gasteiger partial charge is 0.382 e. The average molecular weight is 136 g/mol. The highest BCUT2D eigenvalue weighted by Gasteiger charge is 2.14. The van der Waals surface area contributed by atoms with Gasteiger partial charge in [-0.15, -0.1) is 0 Å². The summed E-state index contributed by atoms with van der Waals surface area (Å²) in [4.78, 5) is 0. The van der Waals surface area contributed by atoms with E-state index in [1.54, 1.807) is 0 Å². The van der Waals surface area contributed by atoms with E-state index in [1.165, 1.54) is 0 Å². The Morgan fingerprint density at radius 3 is 3.30 bits per heavy atom. The van der Waals surface area contributed by atoms with Gasteiger partial charge < -0.3 is 5.32 Å². The molecule has 0 saturated heterocycles. The SMILES string of the molecule is [2H]C([2H])([2H])C1Cc2ccccc2N1. The normalized spacial score (nSPS) is 27.6. The van der Waals surface area contributed by atoms with Crippen molar-refractivity contribution in [2.75, 3.05) is 5.32 Å². The van der Waals surface area contributed by atoms with Gasteiger partial charge in [-0.1, -0.05) is 18.2 Å². The summed E-state index contributed by atoms with van der Waals surface area (Å²) in [5.74, 6) is 0. The van der Waals surface area contributed by atoms with E-state index in [0.29, 0.717) is 6.42 Å². The second kappa shape index (κ2) is 2.01.